The van der Waals surface area contributed by atoms with Gasteiger partial charge in [-0.3, -0.25) is 4.79 Å². The average Bonchev–Trinajstić information content (AvgIpc) is 2.43. The van der Waals surface area contributed by atoms with Gasteiger partial charge in [0.1, 0.15) is 11.9 Å². The van der Waals surface area contributed by atoms with Gasteiger partial charge in [-0.1, -0.05) is 32.0 Å². The van der Waals surface area contributed by atoms with Crippen molar-refractivity contribution in [1.29, 1.82) is 0 Å². The first-order chi connectivity index (χ1) is 8.92. The van der Waals surface area contributed by atoms with Crippen LogP contribution in [0, 0.1) is 0 Å². The minimum absolute atomic E-state index is 0.0824. The molecule has 4 N–H and O–H groups in total. The molecule has 1 aromatic carbocycles. The largest absolute Gasteiger partial charge is 0.496 e. The summed E-state index contributed by atoms with van der Waals surface area (Å²) in [6.45, 7) is 4.31. The molecule has 5 heteroatoms. The maximum atomic E-state index is 11.5. The number of aliphatic hydroxyl groups is 1. The number of nitrogens with two attached hydrogens (primary N) is 1. The molecule has 0 heterocycles. The number of para-hydroxylation sites is 1. The van der Waals surface area contributed by atoms with E-state index in [1.807, 2.05) is 38.1 Å². The third-order valence-electron chi connectivity index (χ3n) is 3.07. The van der Waals surface area contributed by atoms with E-state index in [4.69, 9.17) is 10.5 Å². The van der Waals surface area contributed by atoms with Crippen LogP contribution in [0.2, 0.25) is 0 Å². The summed E-state index contributed by atoms with van der Waals surface area (Å²) >= 11 is 0. The lowest BCUT2D eigenvalue weighted by Crippen LogP contribution is -2.44. The fraction of sp³-hybridized carbons (Fsp3) is 0.500. The lowest BCUT2D eigenvalue weighted by Gasteiger charge is -2.27. The van der Waals surface area contributed by atoms with Crippen LogP contribution in [0.5, 0.6) is 5.75 Å². The van der Waals surface area contributed by atoms with Gasteiger partial charge in [0.05, 0.1) is 7.11 Å². The quantitative estimate of drug-likeness (QED) is 0.696. The van der Waals surface area contributed by atoms with Gasteiger partial charge in [-0.25, -0.2) is 0 Å². The molecule has 0 radical (unpaired) electrons. The van der Waals surface area contributed by atoms with E-state index in [0.717, 1.165) is 11.3 Å². The second-order valence-electron chi connectivity index (χ2n) is 5.05. The van der Waals surface area contributed by atoms with Crippen molar-refractivity contribution < 1.29 is 14.6 Å². The van der Waals surface area contributed by atoms with Crippen molar-refractivity contribution in [3.8, 4) is 5.75 Å². The molecule has 1 atom stereocenters. The van der Waals surface area contributed by atoms with Gasteiger partial charge in [0.25, 0.3) is 0 Å². The van der Waals surface area contributed by atoms with Crippen LogP contribution in [-0.2, 0) is 10.2 Å². The molecule has 1 unspecified atom stereocenters. The van der Waals surface area contributed by atoms with Crippen LogP contribution >= 0.6 is 0 Å². The summed E-state index contributed by atoms with van der Waals surface area (Å²) in [6.07, 6.45) is -1.16. The first kappa shape index (κ1) is 15.5. The Morgan fingerprint density at radius 1 is 1.47 bits per heavy atom. The van der Waals surface area contributed by atoms with Crippen molar-refractivity contribution in [3.63, 3.8) is 0 Å². The molecule has 0 aromatic heterocycles. The summed E-state index contributed by atoms with van der Waals surface area (Å²) in [5.74, 6) is 0.326. The molecule has 106 valence electrons. The highest BCUT2D eigenvalue weighted by atomic mass is 16.5. The molecule has 0 saturated carbocycles. The minimum atomic E-state index is -1.16. The zero-order chi connectivity index (χ0) is 14.5. The fourth-order valence-corrected chi connectivity index (χ4v) is 1.83. The zero-order valence-corrected chi connectivity index (χ0v) is 11.6. The topological polar surface area (TPSA) is 84.6 Å². The number of hydrogen-bond acceptors (Lipinski definition) is 4. The van der Waals surface area contributed by atoms with Crippen molar-refractivity contribution in [2.45, 2.75) is 25.4 Å². The lowest BCUT2D eigenvalue weighted by molar-refractivity contribution is -0.129. The third kappa shape index (κ3) is 3.94. The predicted molar refractivity (Wildman–Crippen MR) is 74.1 cm³/mol. The number of aliphatic hydroxyl groups excluding tert-OH is 1. The van der Waals surface area contributed by atoms with Crippen LogP contribution in [0.4, 0.5) is 0 Å². The molecule has 1 rings (SSSR count). The standard InChI is InChI=1S/C14H22N2O3/c1-14(2,9-16-13(18)11(17)8-15)10-6-4-5-7-12(10)19-3/h4-7,11,17H,8-9,15H2,1-3H3,(H,16,18). The Morgan fingerprint density at radius 2 is 2.11 bits per heavy atom. The van der Waals surface area contributed by atoms with Crippen molar-refractivity contribution in [1.82, 2.24) is 5.32 Å². The average molecular weight is 266 g/mol. The van der Waals surface area contributed by atoms with Crippen LogP contribution < -0.4 is 15.8 Å². The van der Waals surface area contributed by atoms with E-state index in [0.29, 0.717) is 6.54 Å². The van der Waals surface area contributed by atoms with E-state index in [1.54, 1.807) is 7.11 Å². The SMILES string of the molecule is COc1ccccc1C(C)(C)CNC(=O)C(O)CN. The summed E-state index contributed by atoms with van der Waals surface area (Å²) < 4.78 is 5.33. The van der Waals surface area contributed by atoms with E-state index in [1.165, 1.54) is 0 Å². The monoisotopic (exact) mass is 266 g/mol. The minimum Gasteiger partial charge on any atom is -0.496 e. The zero-order valence-electron chi connectivity index (χ0n) is 11.6. The van der Waals surface area contributed by atoms with Gasteiger partial charge in [0.15, 0.2) is 0 Å². The first-order valence-electron chi connectivity index (χ1n) is 6.21. The van der Waals surface area contributed by atoms with Gasteiger partial charge >= 0.3 is 0 Å². The van der Waals surface area contributed by atoms with Gasteiger partial charge in [-0.2, -0.15) is 0 Å². The Hall–Kier alpha value is -1.59. The highest BCUT2D eigenvalue weighted by Crippen LogP contribution is 2.30. The summed E-state index contributed by atoms with van der Waals surface area (Å²) in [6, 6.07) is 7.67. The Balaban J connectivity index is 2.78. The maximum absolute atomic E-state index is 11.5. The number of nitrogens with one attached hydrogen (secondary N) is 1. The molecule has 0 spiro atoms. The van der Waals surface area contributed by atoms with E-state index in [2.05, 4.69) is 5.32 Å². The number of methoxy groups -OCH3 is 1. The summed E-state index contributed by atoms with van der Waals surface area (Å²) in [4.78, 5) is 11.5. The third-order valence-corrected chi connectivity index (χ3v) is 3.07. The number of hydrogen-bond donors (Lipinski definition) is 3. The summed E-state index contributed by atoms with van der Waals surface area (Å²) in [7, 11) is 1.62. The van der Waals surface area contributed by atoms with E-state index in [9.17, 15) is 9.90 Å². The molecule has 0 fully saturated rings. The van der Waals surface area contributed by atoms with Gasteiger partial charge in [-0.15, -0.1) is 0 Å². The van der Waals surface area contributed by atoms with Gasteiger partial charge < -0.3 is 20.9 Å². The summed E-state index contributed by atoms with van der Waals surface area (Å²) in [5.41, 5.74) is 5.93. The second kappa shape index (κ2) is 6.54. The Labute approximate surface area is 113 Å². The van der Waals surface area contributed by atoms with Crippen LogP contribution in [0.3, 0.4) is 0 Å². The highest BCUT2D eigenvalue weighted by molar-refractivity contribution is 5.80. The number of benzene rings is 1. The van der Waals surface area contributed by atoms with Gasteiger partial charge in [0, 0.05) is 24.1 Å². The fourth-order valence-electron chi connectivity index (χ4n) is 1.83. The normalized spacial score (nSPS) is 12.9. The van der Waals surface area contributed by atoms with Crippen LogP contribution in [0.15, 0.2) is 24.3 Å². The predicted octanol–water partition coefficient (Wildman–Crippen LogP) is 0.409. The molecule has 0 aliphatic heterocycles. The molecule has 5 nitrogen and oxygen atoms in total. The molecule has 1 amide bonds. The van der Waals surface area contributed by atoms with Gasteiger partial charge in [-0.05, 0) is 6.07 Å². The molecule has 0 aliphatic carbocycles. The smallest absolute Gasteiger partial charge is 0.250 e. The van der Waals surface area contributed by atoms with Crippen LogP contribution in [-0.4, -0.2) is 37.3 Å². The molecule has 1 aromatic rings. The summed E-state index contributed by atoms with van der Waals surface area (Å²) in [5, 5.41) is 12.0. The van der Waals surface area contributed by atoms with Crippen molar-refractivity contribution >= 4 is 5.91 Å². The molecular weight excluding hydrogens is 244 g/mol. The maximum Gasteiger partial charge on any atom is 0.250 e. The molecular formula is C14H22N2O3. The van der Waals surface area contributed by atoms with Crippen LogP contribution in [0.25, 0.3) is 0 Å². The van der Waals surface area contributed by atoms with Crippen molar-refractivity contribution in [2.24, 2.45) is 5.73 Å². The van der Waals surface area contributed by atoms with Crippen molar-refractivity contribution in [2.75, 3.05) is 20.2 Å². The van der Waals surface area contributed by atoms with Crippen LogP contribution in [0.1, 0.15) is 19.4 Å². The molecule has 19 heavy (non-hydrogen) atoms. The lowest BCUT2D eigenvalue weighted by atomic mass is 9.84. The van der Waals surface area contributed by atoms with Gasteiger partial charge in [0.2, 0.25) is 5.91 Å². The molecule has 0 aliphatic rings. The number of ether oxygens (including phenoxy) is 1. The van der Waals surface area contributed by atoms with E-state index < -0.39 is 12.0 Å². The number of carbonyl (C=O) groups is 1. The number of rotatable bonds is 6. The first-order valence-corrected chi connectivity index (χ1v) is 6.21. The molecule has 0 saturated heterocycles. The van der Waals surface area contributed by atoms with Crippen molar-refractivity contribution in [3.05, 3.63) is 29.8 Å². The Bertz CT molecular complexity index is 432. The van der Waals surface area contributed by atoms with E-state index in [-0.39, 0.29) is 12.0 Å². The Kier molecular flexibility index (Phi) is 5.32. The van der Waals surface area contributed by atoms with E-state index >= 15 is 0 Å². The Morgan fingerprint density at radius 3 is 2.68 bits per heavy atom. The molecule has 0 bridgehead atoms. The number of carbonyl (C=O) groups excluding carboxylic acids is 1. The highest BCUT2D eigenvalue weighted by Gasteiger charge is 2.25. The number of amides is 1. The second-order valence-corrected chi connectivity index (χ2v) is 5.05.